The molecule has 0 unspecified atom stereocenters. The monoisotopic (exact) mass is 354 g/mol. The van der Waals surface area contributed by atoms with Gasteiger partial charge in [-0.05, 0) is 83.4 Å². The van der Waals surface area contributed by atoms with Crippen LogP contribution in [-0.4, -0.2) is 6.26 Å². The van der Waals surface area contributed by atoms with E-state index in [-0.39, 0.29) is 5.82 Å². The molecule has 2 aromatic carbocycles. The number of benzene rings is 2. The highest BCUT2D eigenvalue weighted by Gasteiger charge is 2.23. The first-order chi connectivity index (χ1) is 12.1. The van der Waals surface area contributed by atoms with Crippen molar-refractivity contribution in [2.45, 2.75) is 45.4 Å². The van der Waals surface area contributed by atoms with Crippen molar-refractivity contribution >= 4 is 29.0 Å². The molecule has 1 aliphatic rings. The molecule has 0 amide bonds. The predicted octanol–water partition coefficient (Wildman–Crippen LogP) is 7.70. The third kappa shape index (κ3) is 4.24. The maximum absolute atomic E-state index is 13.7. The van der Waals surface area contributed by atoms with E-state index in [0.717, 1.165) is 24.0 Å². The van der Waals surface area contributed by atoms with Crippen LogP contribution in [0.4, 0.5) is 4.39 Å². The zero-order valence-electron chi connectivity index (χ0n) is 15.8. The average molecular weight is 355 g/mol. The van der Waals surface area contributed by atoms with Crippen LogP contribution in [0.25, 0.3) is 17.2 Å². The first kappa shape index (κ1) is 19.5. The van der Waals surface area contributed by atoms with E-state index in [1.165, 1.54) is 27.2 Å². The van der Waals surface area contributed by atoms with Crippen LogP contribution in [-0.2, 0) is 0 Å². The van der Waals surface area contributed by atoms with Crippen LogP contribution in [0.3, 0.4) is 0 Å². The highest BCUT2D eigenvalue weighted by atomic mass is 32.2. The standard InChI is InChI=1S/C21H21FS.C2H6/c1-4-5-18-14(2)20(19-11-8-16(22)13-21(18)19)12-15-6-9-17(23-3)10-7-15;1-2/h6-13H,4-5H2,1-3H3;1-2H3/b20-12-;. The fraction of sp³-hybridized carbons (Fsp3) is 0.304. The van der Waals surface area contributed by atoms with Gasteiger partial charge in [0.2, 0.25) is 0 Å². The van der Waals surface area contributed by atoms with E-state index in [2.05, 4.69) is 50.4 Å². The van der Waals surface area contributed by atoms with Crippen molar-refractivity contribution in [1.82, 2.24) is 0 Å². The molecule has 0 bridgehead atoms. The Kier molecular flexibility index (Phi) is 7.07. The summed E-state index contributed by atoms with van der Waals surface area (Å²) in [4.78, 5) is 1.26. The van der Waals surface area contributed by atoms with Gasteiger partial charge < -0.3 is 0 Å². The fourth-order valence-corrected chi connectivity index (χ4v) is 3.60. The third-order valence-corrected chi connectivity index (χ3v) is 5.12. The number of rotatable bonds is 4. The molecule has 0 N–H and O–H groups in total. The summed E-state index contributed by atoms with van der Waals surface area (Å²) in [6, 6.07) is 13.7. The molecule has 0 atom stereocenters. The van der Waals surface area contributed by atoms with Gasteiger partial charge in [-0.25, -0.2) is 4.39 Å². The molecule has 0 nitrogen and oxygen atoms in total. The number of hydrogen-bond donors (Lipinski definition) is 0. The summed E-state index contributed by atoms with van der Waals surface area (Å²) >= 11 is 1.75. The minimum atomic E-state index is -0.157. The van der Waals surface area contributed by atoms with Crippen molar-refractivity contribution in [3.8, 4) is 0 Å². The van der Waals surface area contributed by atoms with Crippen molar-refractivity contribution in [2.24, 2.45) is 0 Å². The zero-order valence-corrected chi connectivity index (χ0v) is 16.6. The summed E-state index contributed by atoms with van der Waals surface area (Å²) in [5, 5.41) is 0. The summed E-state index contributed by atoms with van der Waals surface area (Å²) in [6.07, 6.45) is 6.36. The van der Waals surface area contributed by atoms with Crippen molar-refractivity contribution in [2.75, 3.05) is 6.26 Å². The molecule has 3 rings (SSSR count). The lowest BCUT2D eigenvalue weighted by Gasteiger charge is -2.05. The Bertz CT molecular complexity index is 782. The normalized spacial score (nSPS) is 14.4. The van der Waals surface area contributed by atoms with Gasteiger partial charge in [0.15, 0.2) is 0 Å². The van der Waals surface area contributed by atoms with Gasteiger partial charge in [-0.3, -0.25) is 0 Å². The molecule has 2 aromatic rings. The first-order valence-electron chi connectivity index (χ1n) is 9.00. The summed E-state index contributed by atoms with van der Waals surface area (Å²) in [5.74, 6) is -0.157. The topological polar surface area (TPSA) is 0 Å². The third-order valence-electron chi connectivity index (χ3n) is 4.38. The lowest BCUT2D eigenvalue weighted by molar-refractivity contribution is 0.627. The molecule has 0 aliphatic heterocycles. The number of thioether (sulfide) groups is 1. The predicted molar refractivity (Wildman–Crippen MR) is 111 cm³/mol. The SMILES string of the molecule is CC.CCCC1=C(C)/C(=C/c2ccc(SC)cc2)c2ccc(F)cc21. The number of allylic oxidation sites excluding steroid dienone is 3. The van der Waals surface area contributed by atoms with Gasteiger partial charge in [-0.15, -0.1) is 11.8 Å². The highest BCUT2D eigenvalue weighted by Crippen LogP contribution is 2.44. The van der Waals surface area contributed by atoms with Gasteiger partial charge in [0.25, 0.3) is 0 Å². The van der Waals surface area contributed by atoms with Crippen LogP contribution in [0.2, 0.25) is 0 Å². The second kappa shape index (κ2) is 9.05. The van der Waals surface area contributed by atoms with E-state index < -0.39 is 0 Å². The minimum absolute atomic E-state index is 0.157. The van der Waals surface area contributed by atoms with Crippen LogP contribution in [0, 0.1) is 5.82 Å². The maximum Gasteiger partial charge on any atom is 0.123 e. The van der Waals surface area contributed by atoms with Gasteiger partial charge in [-0.1, -0.05) is 45.4 Å². The van der Waals surface area contributed by atoms with Crippen molar-refractivity contribution < 1.29 is 4.39 Å². The quantitative estimate of drug-likeness (QED) is 0.507. The summed E-state index contributed by atoms with van der Waals surface area (Å²) < 4.78 is 13.7. The van der Waals surface area contributed by atoms with Crippen molar-refractivity contribution in [3.05, 3.63) is 70.5 Å². The largest absolute Gasteiger partial charge is 0.207 e. The van der Waals surface area contributed by atoms with Crippen LogP contribution in [0.1, 0.15) is 57.2 Å². The molecule has 0 aromatic heterocycles. The van der Waals surface area contributed by atoms with Crippen molar-refractivity contribution in [1.29, 1.82) is 0 Å². The van der Waals surface area contributed by atoms with E-state index >= 15 is 0 Å². The van der Waals surface area contributed by atoms with Crippen LogP contribution in [0.5, 0.6) is 0 Å². The Morgan fingerprint density at radius 1 is 1.00 bits per heavy atom. The fourth-order valence-electron chi connectivity index (χ4n) is 3.19. The lowest BCUT2D eigenvalue weighted by Crippen LogP contribution is -1.87. The Labute approximate surface area is 155 Å². The Balaban J connectivity index is 0.00000109. The van der Waals surface area contributed by atoms with Gasteiger partial charge in [-0.2, -0.15) is 0 Å². The first-order valence-corrected chi connectivity index (χ1v) is 10.2. The Morgan fingerprint density at radius 2 is 1.68 bits per heavy atom. The molecule has 132 valence electrons. The highest BCUT2D eigenvalue weighted by molar-refractivity contribution is 7.98. The molecular weight excluding hydrogens is 327 g/mol. The van der Waals surface area contributed by atoms with Gasteiger partial charge >= 0.3 is 0 Å². The second-order valence-electron chi connectivity index (χ2n) is 5.87. The van der Waals surface area contributed by atoms with E-state index in [0.29, 0.717) is 0 Å². The van der Waals surface area contributed by atoms with Crippen LogP contribution in [0.15, 0.2) is 52.9 Å². The lowest BCUT2D eigenvalue weighted by atomic mass is 10.0. The molecule has 0 saturated carbocycles. The van der Waals surface area contributed by atoms with E-state index in [4.69, 9.17) is 0 Å². The van der Waals surface area contributed by atoms with Gasteiger partial charge in [0, 0.05) is 4.90 Å². The molecule has 0 heterocycles. The van der Waals surface area contributed by atoms with E-state index in [1.54, 1.807) is 23.9 Å². The smallest absolute Gasteiger partial charge is 0.123 e. The number of halogens is 1. The molecule has 0 radical (unpaired) electrons. The minimum Gasteiger partial charge on any atom is -0.207 e. The van der Waals surface area contributed by atoms with Crippen LogP contribution < -0.4 is 0 Å². The number of hydrogen-bond acceptors (Lipinski definition) is 1. The molecule has 0 fully saturated rings. The maximum atomic E-state index is 13.7. The molecule has 2 heteroatoms. The van der Waals surface area contributed by atoms with E-state index in [9.17, 15) is 4.39 Å². The number of fused-ring (bicyclic) bond motifs is 1. The molecule has 0 saturated heterocycles. The zero-order chi connectivity index (χ0) is 18.4. The van der Waals surface area contributed by atoms with Crippen molar-refractivity contribution in [3.63, 3.8) is 0 Å². The van der Waals surface area contributed by atoms with Gasteiger partial charge in [0.05, 0.1) is 0 Å². The molecule has 25 heavy (non-hydrogen) atoms. The second-order valence-corrected chi connectivity index (χ2v) is 6.75. The summed E-state index contributed by atoms with van der Waals surface area (Å²) in [6.45, 7) is 8.33. The Morgan fingerprint density at radius 3 is 2.28 bits per heavy atom. The van der Waals surface area contributed by atoms with Gasteiger partial charge in [0.1, 0.15) is 5.82 Å². The molecule has 1 aliphatic carbocycles. The molecule has 0 spiro atoms. The molecular formula is C23H27FS. The summed E-state index contributed by atoms with van der Waals surface area (Å²) in [7, 11) is 0. The van der Waals surface area contributed by atoms with Crippen LogP contribution >= 0.6 is 11.8 Å². The summed E-state index contributed by atoms with van der Waals surface area (Å²) in [5.41, 5.74) is 7.19. The Hall–Kier alpha value is -1.80. The average Bonchev–Trinajstić information content (AvgIpc) is 2.89. The van der Waals surface area contributed by atoms with E-state index in [1.807, 2.05) is 19.9 Å².